The molecule has 0 amide bonds. The van der Waals surface area contributed by atoms with Crippen molar-refractivity contribution in [1.82, 2.24) is 29.4 Å². The van der Waals surface area contributed by atoms with Gasteiger partial charge in [0, 0.05) is 43.5 Å². The molecule has 1 fully saturated rings. The molecule has 1 aliphatic rings. The van der Waals surface area contributed by atoms with Crippen LogP contribution in [0.4, 0.5) is 5.82 Å². The third-order valence-electron chi connectivity index (χ3n) is 6.28. The molecule has 0 radical (unpaired) electrons. The van der Waals surface area contributed by atoms with Crippen LogP contribution in [0.1, 0.15) is 25.8 Å². The van der Waals surface area contributed by atoms with Crippen molar-refractivity contribution >= 4 is 28.2 Å². The molecular formula is C25H36ClN7O4S. The summed E-state index contributed by atoms with van der Waals surface area (Å²) >= 11 is 0. The Balaban J connectivity index is 0.00000400. The molecule has 0 aliphatic carbocycles. The van der Waals surface area contributed by atoms with Gasteiger partial charge in [0.25, 0.3) is 0 Å². The molecule has 1 aromatic carbocycles. The first-order chi connectivity index (χ1) is 17.5. The molecular weight excluding hydrogens is 530 g/mol. The van der Waals surface area contributed by atoms with Crippen LogP contribution in [0.2, 0.25) is 0 Å². The number of nitrogens with one attached hydrogen (secondary N) is 1. The van der Waals surface area contributed by atoms with Crippen LogP contribution in [-0.2, 0) is 21.3 Å². The highest BCUT2D eigenvalue weighted by Gasteiger charge is 2.20. The number of rotatable bonds is 10. The van der Waals surface area contributed by atoms with E-state index < -0.39 is 15.6 Å². The molecule has 4 rings (SSSR count). The summed E-state index contributed by atoms with van der Waals surface area (Å²) < 4.78 is 35.5. The van der Waals surface area contributed by atoms with E-state index in [1.165, 1.54) is 0 Å². The fraction of sp³-hybridized carbons (Fsp3) is 0.480. The second-order valence-electron chi connectivity index (χ2n) is 9.87. The zero-order chi connectivity index (χ0) is 26.6. The van der Waals surface area contributed by atoms with Gasteiger partial charge in [-0.15, -0.1) is 12.4 Å². The average Bonchev–Trinajstić information content (AvgIpc) is 3.32. The van der Waals surface area contributed by atoms with E-state index in [1.807, 2.05) is 17.8 Å². The van der Waals surface area contributed by atoms with Crippen LogP contribution in [0.15, 0.2) is 41.7 Å². The number of sulfonamides is 1. The third-order valence-corrected chi connectivity index (χ3v) is 7.74. The maximum Gasteiger partial charge on any atom is 0.240 e. The zero-order valence-electron chi connectivity index (χ0n) is 21.9. The maximum atomic E-state index is 12.9. The van der Waals surface area contributed by atoms with Gasteiger partial charge < -0.3 is 15.6 Å². The Bertz CT molecular complexity index is 1340. The average molecular weight is 566 g/mol. The van der Waals surface area contributed by atoms with Gasteiger partial charge >= 0.3 is 0 Å². The van der Waals surface area contributed by atoms with Crippen LogP contribution >= 0.6 is 12.4 Å². The van der Waals surface area contributed by atoms with Gasteiger partial charge in [-0.2, -0.15) is 5.10 Å². The van der Waals surface area contributed by atoms with E-state index in [2.05, 4.69) is 19.7 Å². The highest BCUT2D eigenvalue weighted by Crippen LogP contribution is 2.29. The van der Waals surface area contributed by atoms with E-state index in [0.29, 0.717) is 17.0 Å². The number of nitrogens with zero attached hydrogens (tertiary/aromatic N) is 5. The van der Waals surface area contributed by atoms with Crippen LogP contribution in [0, 0.1) is 6.92 Å². The Kier molecular flexibility index (Phi) is 9.85. The largest absolute Gasteiger partial charge is 0.390 e. The number of halogens is 1. The van der Waals surface area contributed by atoms with Crippen LogP contribution in [0.3, 0.4) is 0 Å². The first-order valence-electron chi connectivity index (χ1n) is 12.3. The molecule has 0 saturated carbocycles. The Labute approximate surface area is 229 Å². The molecule has 11 nitrogen and oxygen atoms in total. The Morgan fingerprint density at radius 2 is 1.92 bits per heavy atom. The number of anilines is 1. The van der Waals surface area contributed by atoms with E-state index in [9.17, 15) is 13.5 Å². The van der Waals surface area contributed by atoms with Crippen molar-refractivity contribution in [3.05, 3.63) is 42.4 Å². The second kappa shape index (κ2) is 12.5. The Morgan fingerprint density at radius 3 is 2.63 bits per heavy atom. The highest BCUT2D eigenvalue weighted by atomic mass is 35.5. The van der Waals surface area contributed by atoms with E-state index in [-0.39, 0.29) is 36.1 Å². The zero-order valence-corrected chi connectivity index (χ0v) is 23.6. The van der Waals surface area contributed by atoms with Gasteiger partial charge in [0.2, 0.25) is 10.0 Å². The number of nitrogens with two attached hydrogens (primary N) is 1. The molecule has 3 heterocycles. The normalized spacial score (nSPS) is 14.8. The molecule has 2 aromatic heterocycles. The van der Waals surface area contributed by atoms with Gasteiger partial charge in [-0.05, 0) is 44.9 Å². The molecule has 1 aliphatic heterocycles. The molecule has 3 aromatic rings. The number of aromatic nitrogens is 4. The standard InChI is InChI=1S/C25H35N7O4S.ClH/c1-18-4-5-20(37(34,35)29-7-6-25(2,3)33)14-21(18)22-16-27-24(26)23(30-22)19-15-28-32(17-19)9-8-31-10-12-36-13-11-31;/h4-5,14-17,29,33H,6-13H2,1-3H3,(H2,26,27);1H. The van der Waals surface area contributed by atoms with Crippen molar-refractivity contribution in [2.75, 3.05) is 45.1 Å². The van der Waals surface area contributed by atoms with Crippen molar-refractivity contribution < 1.29 is 18.3 Å². The molecule has 4 N–H and O–H groups in total. The summed E-state index contributed by atoms with van der Waals surface area (Å²) in [7, 11) is -3.77. The van der Waals surface area contributed by atoms with Gasteiger partial charge in [0.05, 0.1) is 48.3 Å². The predicted molar refractivity (Wildman–Crippen MR) is 148 cm³/mol. The molecule has 0 atom stereocenters. The molecule has 1 saturated heterocycles. The van der Waals surface area contributed by atoms with Crippen molar-refractivity contribution in [1.29, 1.82) is 0 Å². The van der Waals surface area contributed by atoms with E-state index in [4.69, 9.17) is 15.5 Å². The van der Waals surface area contributed by atoms with E-state index in [0.717, 1.165) is 50.5 Å². The number of morpholine rings is 1. The van der Waals surface area contributed by atoms with Gasteiger partial charge in [-0.25, -0.2) is 23.1 Å². The van der Waals surface area contributed by atoms with E-state index in [1.54, 1.807) is 44.4 Å². The second-order valence-corrected chi connectivity index (χ2v) is 11.6. The number of aryl methyl sites for hydroxylation is 1. The van der Waals surface area contributed by atoms with Crippen molar-refractivity contribution in [3.63, 3.8) is 0 Å². The minimum Gasteiger partial charge on any atom is -0.390 e. The summed E-state index contributed by atoms with van der Waals surface area (Å²) in [6.07, 6.45) is 5.44. The summed E-state index contributed by atoms with van der Waals surface area (Å²) in [5.41, 5.74) is 8.43. The minimum absolute atomic E-state index is 0. The number of aliphatic hydroxyl groups is 1. The van der Waals surface area contributed by atoms with Crippen molar-refractivity contribution in [2.24, 2.45) is 0 Å². The van der Waals surface area contributed by atoms with Gasteiger partial charge in [0.15, 0.2) is 0 Å². The topological polar surface area (TPSA) is 148 Å². The van der Waals surface area contributed by atoms with Crippen LogP contribution in [0.5, 0.6) is 0 Å². The van der Waals surface area contributed by atoms with Crippen LogP contribution in [-0.4, -0.2) is 83.2 Å². The fourth-order valence-corrected chi connectivity index (χ4v) is 5.09. The lowest BCUT2D eigenvalue weighted by molar-refractivity contribution is 0.0360. The number of hydrogen-bond donors (Lipinski definition) is 3. The van der Waals surface area contributed by atoms with E-state index >= 15 is 0 Å². The monoisotopic (exact) mass is 565 g/mol. The SMILES string of the molecule is Cc1ccc(S(=O)(=O)NCCC(C)(C)O)cc1-c1cnc(N)c(-c2cnn(CCN3CCOCC3)c2)n1.Cl. The number of nitrogen functional groups attached to an aromatic ring is 1. The summed E-state index contributed by atoms with van der Waals surface area (Å²) in [4.78, 5) is 11.5. The number of benzene rings is 1. The number of ether oxygens (including phenoxy) is 1. The van der Waals surface area contributed by atoms with Gasteiger partial charge in [-0.1, -0.05) is 6.07 Å². The maximum absolute atomic E-state index is 12.9. The lowest BCUT2D eigenvalue weighted by atomic mass is 10.1. The minimum atomic E-state index is -3.77. The molecule has 208 valence electrons. The van der Waals surface area contributed by atoms with Gasteiger partial charge in [-0.3, -0.25) is 9.58 Å². The summed E-state index contributed by atoms with van der Waals surface area (Å²) in [5, 5.41) is 14.3. The number of hydrogen-bond acceptors (Lipinski definition) is 9. The summed E-state index contributed by atoms with van der Waals surface area (Å²) in [6, 6.07) is 4.87. The smallest absolute Gasteiger partial charge is 0.240 e. The lowest BCUT2D eigenvalue weighted by Gasteiger charge is -2.26. The fourth-order valence-electron chi connectivity index (χ4n) is 4.04. The molecule has 0 bridgehead atoms. The van der Waals surface area contributed by atoms with Gasteiger partial charge in [0.1, 0.15) is 11.5 Å². The first-order valence-corrected chi connectivity index (χ1v) is 13.8. The van der Waals surface area contributed by atoms with Crippen molar-refractivity contribution in [3.8, 4) is 22.5 Å². The summed E-state index contributed by atoms with van der Waals surface area (Å²) in [5.74, 6) is 0.270. The van der Waals surface area contributed by atoms with Crippen LogP contribution in [0.25, 0.3) is 22.5 Å². The first kappa shape index (κ1) is 29.9. The van der Waals surface area contributed by atoms with Crippen molar-refractivity contribution in [2.45, 2.75) is 44.2 Å². The lowest BCUT2D eigenvalue weighted by Crippen LogP contribution is -2.38. The Hall–Kier alpha value is -2.61. The summed E-state index contributed by atoms with van der Waals surface area (Å²) in [6.45, 7) is 10.2. The third kappa shape index (κ3) is 7.71. The quantitative estimate of drug-likeness (QED) is 0.336. The highest BCUT2D eigenvalue weighted by molar-refractivity contribution is 7.89. The van der Waals surface area contributed by atoms with Crippen LogP contribution < -0.4 is 10.5 Å². The Morgan fingerprint density at radius 1 is 1.18 bits per heavy atom. The molecule has 38 heavy (non-hydrogen) atoms. The predicted octanol–water partition coefficient (Wildman–Crippen LogP) is 2.09. The molecule has 0 spiro atoms. The molecule has 13 heteroatoms. The molecule has 0 unspecified atom stereocenters.